The van der Waals surface area contributed by atoms with Crippen molar-refractivity contribution in [1.29, 1.82) is 0 Å². The van der Waals surface area contributed by atoms with Crippen molar-refractivity contribution in [2.45, 2.75) is 56.1 Å². The summed E-state index contributed by atoms with van der Waals surface area (Å²) in [5, 5.41) is 11.4. The van der Waals surface area contributed by atoms with Crippen LogP contribution in [0, 0.1) is 0 Å². The van der Waals surface area contributed by atoms with Gasteiger partial charge in [-0.2, -0.15) is 4.31 Å². The molecule has 1 unspecified atom stereocenters. The second kappa shape index (κ2) is 16.4. The molecule has 2 atom stereocenters. The Morgan fingerprint density at radius 1 is 1.00 bits per heavy atom. The Balaban J connectivity index is 1.63. The Morgan fingerprint density at radius 2 is 1.71 bits per heavy atom. The first-order valence-corrected chi connectivity index (χ1v) is 17.2. The predicted octanol–water partition coefficient (Wildman–Crippen LogP) is 5.89. The number of aryl methyl sites for hydroxylation is 1. The molecule has 4 rings (SSSR count). The van der Waals surface area contributed by atoms with Crippen LogP contribution in [0.1, 0.15) is 49.8 Å². The summed E-state index contributed by atoms with van der Waals surface area (Å²) in [6.45, 7) is 0.760. The quantitative estimate of drug-likeness (QED) is 0.192. The number of carbonyl (C=O) groups is 3. The Kier molecular flexibility index (Phi) is 12.6. The van der Waals surface area contributed by atoms with Crippen LogP contribution >= 0.6 is 23.2 Å². The first-order valence-electron chi connectivity index (χ1n) is 15.0. The highest BCUT2D eigenvalue weighted by molar-refractivity contribution is 7.89. The molecular weight excluding hydrogens is 687 g/mol. The van der Waals surface area contributed by atoms with E-state index >= 15 is 0 Å². The topological polar surface area (TPSA) is 158 Å². The number of nitrogens with one attached hydrogen (secondary N) is 1. The normalized spacial score (nSPS) is 15.6. The highest BCUT2D eigenvalue weighted by Gasteiger charge is 2.40. The number of nitrogens with zero attached hydrogens (tertiary/aromatic N) is 1. The average Bonchev–Trinajstić information content (AvgIpc) is 3.06. The first-order chi connectivity index (χ1) is 22.8. The van der Waals surface area contributed by atoms with Crippen LogP contribution in [-0.2, 0) is 35.6 Å². The Bertz CT molecular complexity index is 1750. The number of amides is 1. The van der Waals surface area contributed by atoms with Gasteiger partial charge in [-0.3, -0.25) is 9.59 Å². The lowest BCUT2D eigenvalue weighted by molar-refractivity contribution is -0.155. The number of piperidine rings is 1. The highest BCUT2D eigenvalue weighted by Crippen LogP contribution is 2.37. The summed E-state index contributed by atoms with van der Waals surface area (Å²) in [4.78, 5) is 36.3. The first kappa shape index (κ1) is 36.8. The molecule has 1 amide bonds. The number of ether oxygens (including phenoxy) is 4. The smallest absolute Gasteiger partial charge is 0.341 e. The number of rotatable bonds is 14. The van der Waals surface area contributed by atoms with Gasteiger partial charge in [0, 0.05) is 13.5 Å². The van der Waals surface area contributed by atoms with Crippen molar-refractivity contribution in [3.8, 4) is 17.2 Å². The number of esters is 1. The van der Waals surface area contributed by atoms with Crippen LogP contribution < -0.4 is 19.5 Å². The Morgan fingerprint density at radius 3 is 2.35 bits per heavy atom. The summed E-state index contributed by atoms with van der Waals surface area (Å²) in [5.41, 5.74) is 1.47. The minimum Gasteiger partial charge on any atom is -0.493 e. The molecule has 0 radical (unpaired) electrons. The molecule has 0 aliphatic carbocycles. The number of sulfonamides is 1. The van der Waals surface area contributed by atoms with Crippen LogP contribution in [0.2, 0.25) is 10.0 Å². The number of aliphatic carboxylic acids is 1. The van der Waals surface area contributed by atoms with Crippen LogP contribution in [0.15, 0.2) is 59.5 Å². The molecule has 0 saturated carbocycles. The lowest BCUT2D eigenvalue weighted by Gasteiger charge is -2.34. The van der Waals surface area contributed by atoms with E-state index < -0.39 is 46.6 Å². The minimum absolute atomic E-state index is 0.0552. The van der Waals surface area contributed by atoms with Crippen LogP contribution in [0.4, 0.5) is 5.69 Å². The molecule has 258 valence electrons. The zero-order valence-corrected chi connectivity index (χ0v) is 28.9. The number of methoxy groups -OCH3 is 2. The summed E-state index contributed by atoms with van der Waals surface area (Å²) >= 11 is 12.6. The average molecular weight is 724 g/mol. The van der Waals surface area contributed by atoms with Gasteiger partial charge in [0.2, 0.25) is 15.9 Å². The maximum absolute atomic E-state index is 13.9. The summed E-state index contributed by atoms with van der Waals surface area (Å²) in [7, 11) is -1.23. The van der Waals surface area contributed by atoms with E-state index in [1.807, 2.05) is 12.1 Å². The van der Waals surface area contributed by atoms with Gasteiger partial charge < -0.3 is 29.4 Å². The van der Waals surface area contributed by atoms with Crippen molar-refractivity contribution in [3.05, 3.63) is 75.8 Å². The molecule has 3 aromatic carbocycles. The van der Waals surface area contributed by atoms with E-state index in [0.29, 0.717) is 42.7 Å². The molecular formula is C33H36Cl2N2O10S. The number of carboxylic acid groups (broad SMARTS) is 1. The summed E-state index contributed by atoms with van der Waals surface area (Å²) in [6, 6.07) is 13.2. The van der Waals surface area contributed by atoms with Gasteiger partial charge >= 0.3 is 11.9 Å². The minimum atomic E-state index is -4.29. The van der Waals surface area contributed by atoms with Gasteiger partial charge in [-0.15, -0.1) is 0 Å². The molecule has 1 saturated heterocycles. The standard InChI is InChI=1S/C33H36Cl2N2O10S/c1-20(38)36-32-25(34)17-24(18-26(32)35)48(42,43)37-14-5-4-9-27(37)33(41)47-28(22-7-6-8-23(16-22)46-19-31(39)40)12-10-21-11-13-29(44-2)30(15-21)45-3/h6-8,11,13,15-18,27-28H,4-5,9-10,12,14,19H2,1-3H3,(H,36,38)(H,39,40)/t27?,28-/m1/s1. The fourth-order valence-corrected chi connectivity index (χ4v) is 7.77. The largest absolute Gasteiger partial charge is 0.493 e. The van der Waals surface area contributed by atoms with Gasteiger partial charge in [0.15, 0.2) is 18.1 Å². The van der Waals surface area contributed by atoms with E-state index in [1.54, 1.807) is 30.3 Å². The molecule has 15 heteroatoms. The van der Waals surface area contributed by atoms with Gasteiger partial charge in [-0.1, -0.05) is 41.4 Å². The maximum Gasteiger partial charge on any atom is 0.341 e. The number of anilines is 1. The molecule has 0 aromatic heterocycles. The lowest BCUT2D eigenvalue weighted by atomic mass is 10.00. The molecule has 0 bridgehead atoms. The summed E-state index contributed by atoms with van der Waals surface area (Å²) in [5.74, 6) is -0.991. The van der Waals surface area contributed by atoms with E-state index in [4.69, 9.17) is 47.3 Å². The number of carbonyl (C=O) groups excluding carboxylic acids is 2. The third-order valence-corrected chi connectivity index (χ3v) is 10.1. The van der Waals surface area contributed by atoms with Gasteiger partial charge in [0.25, 0.3) is 0 Å². The van der Waals surface area contributed by atoms with Gasteiger partial charge in [0.05, 0.1) is 34.8 Å². The third kappa shape index (κ3) is 9.10. The predicted molar refractivity (Wildman–Crippen MR) is 179 cm³/mol. The zero-order valence-electron chi connectivity index (χ0n) is 26.5. The number of hydrogen-bond acceptors (Lipinski definition) is 9. The van der Waals surface area contributed by atoms with Crippen LogP contribution in [0.5, 0.6) is 17.2 Å². The van der Waals surface area contributed by atoms with Crippen LogP contribution in [-0.4, -0.2) is 69.1 Å². The van der Waals surface area contributed by atoms with Crippen molar-refractivity contribution >= 4 is 56.8 Å². The summed E-state index contributed by atoms with van der Waals surface area (Å²) < 4.78 is 51.1. The molecule has 1 aliphatic rings. The molecule has 2 N–H and O–H groups in total. The molecule has 0 spiro atoms. The molecule has 3 aromatic rings. The van der Waals surface area contributed by atoms with Crippen molar-refractivity contribution in [2.24, 2.45) is 0 Å². The second-order valence-corrected chi connectivity index (χ2v) is 13.7. The van der Waals surface area contributed by atoms with Crippen LogP contribution in [0.3, 0.4) is 0 Å². The lowest BCUT2D eigenvalue weighted by Crippen LogP contribution is -2.48. The molecule has 48 heavy (non-hydrogen) atoms. The third-order valence-electron chi connectivity index (χ3n) is 7.64. The number of carboxylic acids is 1. The number of halogens is 2. The van der Waals surface area contributed by atoms with E-state index in [9.17, 15) is 22.8 Å². The number of benzene rings is 3. The highest BCUT2D eigenvalue weighted by atomic mass is 35.5. The fraction of sp³-hybridized carbons (Fsp3) is 0.364. The molecule has 1 aliphatic heterocycles. The monoisotopic (exact) mass is 722 g/mol. The van der Waals surface area contributed by atoms with Gasteiger partial charge in [-0.25, -0.2) is 13.2 Å². The van der Waals surface area contributed by atoms with E-state index in [2.05, 4.69) is 5.32 Å². The zero-order chi connectivity index (χ0) is 35.0. The maximum atomic E-state index is 13.9. The van der Waals surface area contributed by atoms with E-state index in [0.717, 1.165) is 9.87 Å². The Hall–Kier alpha value is -4.04. The number of hydrogen-bond donors (Lipinski definition) is 2. The van der Waals surface area contributed by atoms with E-state index in [1.165, 1.54) is 33.3 Å². The van der Waals surface area contributed by atoms with Crippen molar-refractivity contribution < 1.29 is 46.9 Å². The van der Waals surface area contributed by atoms with Crippen molar-refractivity contribution in [2.75, 3.05) is 32.7 Å². The van der Waals surface area contributed by atoms with E-state index in [-0.39, 0.29) is 39.3 Å². The molecule has 1 fully saturated rings. The van der Waals surface area contributed by atoms with Crippen molar-refractivity contribution in [1.82, 2.24) is 4.31 Å². The molecule has 12 nitrogen and oxygen atoms in total. The second-order valence-electron chi connectivity index (χ2n) is 11.0. The van der Waals surface area contributed by atoms with Gasteiger partial charge in [-0.05, 0) is 79.6 Å². The van der Waals surface area contributed by atoms with Crippen LogP contribution in [0.25, 0.3) is 0 Å². The fourth-order valence-electron chi connectivity index (χ4n) is 5.35. The van der Waals surface area contributed by atoms with Crippen molar-refractivity contribution in [3.63, 3.8) is 0 Å². The Labute approximate surface area is 288 Å². The molecule has 1 heterocycles. The SMILES string of the molecule is COc1ccc(CC[C@@H](OC(=O)C2CCCCN2S(=O)(=O)c2cc(Cl)c(NC(C)=O)c(Cl)c2)c2cccc(OCC(=O)O)c2)cc1OC. The summed E-state index contributed by atoms with van der Waals surface area (Å²) in [6.07, 6.45) is 1.19. The van der Waals surface area contributed by atoms with Gasteiger partial charge in [0.1, 0.15) is 17.9 Å².